The average molecular weight is 325 g/mol. The molecule has 6 heteroatoms. The number of rotatable bonds is 4. The van der Waals surface area contributed by atoms with Crippen LogP contribution in [0, 0.1) is 6.92 Å². The molecule has 110 valence electrons. The Morgan fingerprint density at radius 1 is 1.24 bits per heavy atom. The van der Waals surface area contributed by atoms with E-state index in [1.54, 1.807) is 12.1 Å². The first kappa shape index (κ1) is 15.5. The van der Waals surface area contributed by atoms with Gasteiger partial charge in [0.05, 0.1) is 16.4 Å². The Kier molecular flexibility index (Phi) is 4.94. The quantitative estimate of drug-likeness (QED) is 0.838. The predicted octanol–water partition coefficient (Wildman–Crippen LogP) is 3.90. The number of hydrogen-bond acceptors (Lipinski definition) is 3. The molecule has 0 radical (unpaired) electrons. The van der Waals surface area contributed by atoms with Gasteiger partial charge in [-0.15, -0.1) is 0 Å². The predicted molar refractivity (Wildman–Crippen MR) is 86.2 cm³/mol. The largest absolute Gasteiger partial charge is 0.484 e. The zero-order chi connectivity index (χ0) is 15.4. The Morgan fingerprint density at radius 2 is 1.90 bits per heavy atom. The molecule has 2 rings (SSSR count). The minimum atomic E-state index is -0.355. The summed E-state index contributed by atoms with van der Waals surface area (Å²) < 4.78 is 5.38. The van der Waals surface area contributed by atoms with Crippen LogP contribution in [0.3, 0.4) is 0 Å². The second-order valence-corrected chi connectivity index (χ2v) is 5.35. The lowest BCUT2D eigenvalue weighted by molar-refractivity contribution is -0.118. The van der Waals surface area contributed by atoms with Gasteiger partial charge in [-0.05, 0) is 31.2 Å². The van der Waals surface area contributed by atoms with Gasteiger partial charge >= 0.3 is 0 Å². The van der Waals surface area contributed by atoms with E-state index in [9.17, 15) is 4.79 Å². The fourth-order valence-electron chi connectivity index (χ4n) is 1.68. The van der Waals surface area contributed by atoms with Crippen molar-refractivity contribution in [3.05, 3.63) is 52.0 Å². The molecule has 0 saturated heterocycles. The third kappa shape index (κ3) is 4.28. The molecule has 3 N–H and O–H groups in total. The summed E-state index contributed by atoms with van der Waals surface area (Å²) >= 11 is 11.8. The van der Waals surface area contributed by atoms with Crippen LogP contribution in [0.4, 0.5) is 11.4 Å². The number of aryl methyl sites for hydroxylation is 1. The van der Waals surface area contributed by atoms with Crippen LogP contribution in [0.1, 0.15) is 5.56 Å². The summed E-state index contributed by atoms with van der Waals surface area (Å²) in [6.45, 7) is 1.84. The zero-order valence-electron chi connectivity index (χ0n) is 11.3. The minimum Gasteiger partial charge on any atom is -0.484 e. The molecule has 0 aliphatic carbocycles. The number of nitrogens with two attached hydrogens (primary N) is 1. The van der Waals surface area contributed by atoms with Crippen molar-refractivity contribution < 1.29 is 9.53 Å². The number of carbonyl (C=O) groups excluding carboxylic acids is 1. The highest BCUT2D eigenvalue weighted by Gasteiger charge is 2.11. The van der Waals surface area contributed by atoms with Gasteiger partial charge < -0.3 is 15.8 Å². The summed E-state index contributed by atoms with van der Waals surface area (Å²) in [4.78, 5) is 11.9. The molecule has 1 amide bonds. The second-order valence-electron chi connectivity index (χ2n) is 4.50. The summed E-state index contributed by atoms with van der Waals surface area (Å²) in [6.07, 6.45) is 0. The normalized spacial score (nSPS) is 10.2. The van der Waals surface area contributed by atoms with Crippen LogP contribution in [0.15, 0.2) is 36.4 Å². The van der Waals surface area contributed by atoms with E-state index in [1.807, 2.05) is 19.1 Å². The second kappa shape index (κ2) is 6.70. The number of amides is 1. The van der Waals surface area contributed by atoms with Crippen molar-refractivity contribution in [2.75, 3.05) is 17.7 Å². The van der Waals surface area contributed by atoms with Crippen LogP contribution in [-0.2, 0) is 4.79 Å². The van der Waals surface area contributed by atoms with Gasteiger partial charge in [-0.2, -0.15) is 0 Å². The van der Waals surface area contributed by atoms with Crippen LogP contribution in [-0.4, -0.2) is 12.5 Å². The topological polar surface area (TPSA) is 64.3 Å². The number of benzene rings is 2. The van der Waals surface area contributed by atoms with Gasteiger partial charge in [0, 0.05) is 5.02 Å². The highest BCUT2D eigenvalue weighted by molar-refractivity contribution is 6.37. The van der Waals surface area contributed by atoms with Crippen LogP contribution < -0.4 is 15.8 Å². The van der Waals surface area contributed by atoms with E-state index in [-0.39, 0.29) is 17.5 Å². The van der Waals surface area contributed by atoms with Gasteiger partial charge in [0.2, 0.25) is 0 Å². The molecule has 2 aromatic carbocycles. The van der Waals surface area contributed by atoms with Crippen LogP contribution >= 0.6 is 23.2 Å². The minimum absolute atomic E-state index is 0.137. The van der Waals surface area contributed by atoms with Crippen molar-refractivity contribution in [1.29, 1.82) is 0 Å². The fourth-order valence-corrected chi connectivity index (χ4v) is 2.24. The van der Waals surface area contributed by atoms with Crippen molar-refractivity contribution >= 4 is 40.5 Å². The van der Waals surface area contributed by atoms with E-state index in [0.29, 0.717) is 22.1 Å². The van der Waals surface area contributed by atoms with Crippen LogP contribution in [0.2, 0.25) is 10.0 Å². The Balaban J connectivity index is 1.97. The Bertz CT molecular complexity index is 634. The van der Waals surface area contributed by atoms with Crippen molar-refractivity contribution in [2.24, 2.45) is 0 Å². The molecule has 0 spiro atoms. The molecule has 0 aromatic heterocycles. The molecule has 0 fully saturated rings. The van der Waals surface area contributed by atoms with Crippen LogP contribution in [0.5, 0.6) is 5.75 Å². The summed E-state index contributed by atoms with van der Waals surface area (Å²) in [7, 11) is 0. The third-order valence-electron chi connectivity index (χ3n) is 2.74. The molecule has 21 heavy (non-hydrogen) atoms. The number of carbonyl (C=O) groups is 1. The van der Waals surface area contributed by atoms with Crippen molar-refractivity contribution in [3.8, 4) is 5.75 Å². The van der Waals surface area contributed by atoms with E-state index in [2.05, 4.69) is 5.32 Å². The molecule has 0 saturated carbocycles. The molecule has 4 nitrogen and oxygen atoms in total. The Hall–Kier alpha value is -1.91. The third-order valence-corrected chi connectivity index (χ3v) is 3.26. The first-order chi connectivity index (χ1) is 9.95. The first-order valence-corrected chi connectivity index (χ1v) is 6.95. The van der Waals surface area contributed by atoms with Crippen molar-refractivity contribution in [1.82, 2.24) is 0 Å². The fraction of sp³-hybridized carbons (Fsp3) is 0.133. The summed E-state index contributed by atoms with van der Waals surface area (Å²) in [5.41, 5.74) is 7.52. The van der Waals surface area contributed by atoms with E-state index < -0.39 is 0 Å². The maximum Gasteiger partial charge on any atom is 0.262 e. The maximum absolute atomic E-state index is 11.9. The number of nitrogen functional groups attached to an aromatic ring is 1. The molecule has 0 atom stereocenters. The van der Waals surface area contributed by atoms with Gasteiger partial charge in [0.25, 0.3) is 5.91 Å². The van der Waals surface area contributed by atoms with Gasteiger partial charge in [-0.3, -0.25) is 4.79 Å². The summed E-state index contributed by atoms with van der Waals surface area (Å²) in [5.74, 6) is 0.262. The van der Waals surface area contributed by atoms with Crippen molar-refractivity contribution in [3.63, 3.8) is 0 Å². The smallest absolute Gasteiger partial charge is 0.262 e. The molecule has 0 unspecified atom stereocenters. The lowest BCUT2D eigenvalue weighted by Crippen LogP contribution is -2.21. The summed E-state index contributed by atoms with van der Waals surface area (Å²) in [6, 6.07) is 10.4. The number of nitrogens with one attached hydrogen (secondary N) is 1. The van der Waals surface area contributed by atoms with E-state index in [4.69, 9.17) is 33.7 Å². The highest BCUT2D eigenvalue weighted by Crippen LogP contribution is 2.31. The Labute approximate surface area is 132 Å². The van der Waals surface area contributed by atoms with Gasteiger partial charge in [0.15, 0.2) is 6.61 Å². The lowest BCUT2D eigenvalue weighted by Gasteiger charge is -2.11. The van der Waals surface area contributed by atoms with E-state index in [0.717, 1.165) is 5.56 Å². The Morgan fingerprint density at radius 3 is 2.52 bits per heavy atom. The van der Waals surface area contributed by atoms with Gasteiger partial charge in [0.1, 0.15) is 5.75 Å². The summed E-state index contributed by atoms with van der Waals surface area (Å²) in [5, 5.41) is 3.30. The standard InChI is InChI=1S/C15H14Cl2N2O2/c1-9-2-4-11(5-3-9)21-8-14(20)19-15-12(17)6-10(16)7-13(15)18/h2-7H,8,18H2,1H3,(H,19,20). The van der Waals surface area contributed by atoms with E-state index >= 15 is 0 Å². The molecule has 0 heterocycles. The first-order valence-electron chi connectivity index (χ1n) is 6.19. The molecule has 0 bridgehead atoms. The molecular weight excluding hydrogens is 311 g/mol. The van der Waals surface area contributed by atoms with Gasteiger partial charge in [-0.25, -0.2) is 0 Å². The molecular formula is C15H14Cl2N2O2. The molecule has 0 aliphatic rings. The molecule has 2 aromatic rings. The number of hydrogen-bond donors (Lipinski definition) is 2. The SMILES string of the molecule is Cc1ccc(OCC(=O)Nc2c(N)cc(Cl)cc2Cl)cc1. The van der Waals surface area contributed by atoms with Crippen LogP contribution in [0.25, 0.3) is 0 Å². The number of halogens is 2. The number of ether oxygens (including phenoxy) is 1. The van der Waals surface area contributed by atoms with Gasteiger partial charge in [-0.1, -0.05) is 40.9 Å². The molecule has 0 aliphatic heterocycles. The number of anilines is 2. The lowest BCUT2D eigenvalue weighted by atomic mass is 10.2. The van der Waals surface area contributed by atoms with Crippen molar-refractivity contribution in [2.45, 2.75) is 6.92 Å². The van der Waals surface area contributed by atoms with E-state index in [1.165, 1.54) is 12.1 Å². The monoisotopic (exact) mass is 324 g/mol. The maximum atomic E-state index is 11.9. The highest BCUT2D eigenvalue weighted by atomic mass is 35.5. The zero-order valence-corrected chi connectivity index (χ0v) is 12.8. The average Bonchev–Trinajstić information content (AvgIpc) is 2.42.